The molecule has 1 fully saturated rings. The average Bonchev–Trinajstić information content (AvgIpc) is 3.44. The fraction of sp³-hybridized carbons (Fsp3) is 0.259. The molecular formula is C27H26F2N6O2. The van der Waals surface area contributed by atoms with Crippen LogP contribution >= 0.6 is 0 Å². The van der Waals surface area contributed by atoms with Gasteiger partial charge in [-0.05, 0) is 61.8 Å². The predicted molar refractivity (Wildman–Crippen MR) is 134 cm³/mol. The third kappa shape index (κ3) is 5.49. The van der Waals surface area contributed by atoms with E-state index in [-0.39, 0.29) is 5.56 Å². The molecule has 1 saturated heterocycles. The Morgan fingerprint density at radius 1 is 0.973 bits per heavy atom. The molecule has 10 heteroatoms. The van der Waals surface area contributed by atoms with Crippen LogP contribution in [-0.2, 0) is 5.54 Å². The minimum Gasteiger partial charge on any atom is -0.418 e. The number of halogens is 2. The number of anilines is 1. The first-order valence-electron chi connectivity index (χ1n) is 12.0. The topological polar surface area (TPSA) is 105 Å². The van der Waals surface area contributed by atoms with Crippen LogP contribution in [0.15, 0.2) is 83.5 Å². The van der Waals surface area contributed by atoms with Crippen molar-refractivity contribution >= 4 is 11.6 Å². The van der Waals surface area contributed by atoms with Gasteiger partial charge in [-0.25, -0.2) is 8.78 Å². The van der Waals surface area contributed by atoms with Crippen molar-refractivity contribution in [2.75, 3.05) is 18.4 Å². The zero-order valence-corrected chi connectivity index (χ0v) is 19.9. The molecule has 4 aromatic rings. The molecule has 2 aromatic carbocycles. The summed E-state index contributed by atoms with van der Waals surface area (Å²) >= 11 is 0. The van der Waals surface area contributed by atoms with Gasteiger partial charge in [0.05, 0.1) is 0 Å². The second kappa shape index (κ2) is 10.8. The molecule has 1 aliphatic rings. The SMILES string of the molecule is O=C(N[C@H](c1ccccc1)C(F)F)c1cccc(NC2(c3nnc(-c4ccncc4)o3)CCNCC2)c1. The normalized spacial score (nSPS) is 15.8. The molecule has 2 aromatic heterocycles. The van der Waals surface area contributed by atoms with Crippen molar-refractivity contribution in [2.24, 2.45) is 0 Å². The van der Waals surface area contributed by atoms with E-state index in [2.05, 4.69) is 31.1 Å². The number of nitrogens with zero attached hydrogens (tertiary/aromatic N) is 3. The highest BCUT2D eigenvalue weighted by molar-refractivity contribution is 5.95. The molecular weight excluding hydrogens is 478 g/mol. The molecule has 0 spiro atoms. The van der Waals surface area contributed by atoms with E-state index in [1.807, 2.05) is 6.07 Å². The van der Waals surface area contributed by atoms with Gasteiger partial charge in [0.2, 0.25) is 11.8 Å². The van der Waals surface area contributed by atoms with Crippen LogP contribution in [0.2, 0.25) is 0 Å². The van der Waals surface area contributed by atoms with Crippen molar-refractivity contribution in [3.05, 3.63) is 96.1 Å². The van der Waals surface area contributed by atoms with Crippen molar-refractivity contribution in [1.82, 2.24) is 25.8 Å². The molecule has 5 rings (SSSR count). The molecule has 1 amide bonds. The number of hydrogen-bond donors (Lipinski definition) is 3. The maximum absolute atomic E-state index is 13.8. The largest absolute Gasteiger partial charge is 0.418 e. The number of piperidine rings is 1. The standard InChI is InChI=1S/C27H26F2N6O2/c28-23(29)22(18-5-2-1-3-6-18)32-24(36)20-7-4-8-21(17-20)33-27(11-15-31-16-12-27)26-35-34-25(37-26)19-9-13-30-14-10-19/h1-10,13-14,17,22-23,31,33H,11-12,15-16H2,(H,32,36)/t22-/m1/s1. The van der Waals surface area contributed by atoms with Crippen LogP contribution in [0.5, 0.6) is 0 Å². The molecule has 8 nitrogen and oxygen atoms in total. The van der Waals surface area contributed by atoms with Crippen molar-refractivity contribution in [1.29, 1.82) is 0 Å². The number of rotatable bonds is 8. The Balaban J connectivity index is 1.38. The first-order chi connectivity index (χ1) is 18.0. The van der Waals surface area contributed by atoms with Crippen LogP contribution in [0, 0.1) is 0 Å². The van der Waals surface area contributed by atoms with Gasteiger partial charge < -0.3 is 20.4 Å². The van der Waals surface area contributed by atoms with Crippen LogP contribution in [0.25, 0.3) is 11.5 Å². The number of amides is 1. The Hall–Kier alpha value is -4.18. The van der Waals surface area contributed by atoms with E-state index in [0.29, 0.717) is 35.9 Å². The maximum Gasteiger partial charge on any atom is 0.262 e. The first-order valence-corrected chi connectivity index (χ1v) is 12.0. The summed E-state index contributed by atoms with van der Waals surface area (Å²) in [6.45, 7) is 1.46. The fourth-order valence-electron chi connectivity index (χ4n) is 4.46. The number of pyridine rings is 1. The minimum atomic E-state index is -2.75. The van der Waals surface area contributed by atoms with E-state index < -0.39 is 23.9 Å². The van der Waals surface area contributed by atoms with Crippen LogP contribution in [0.4, 0.5) is 14.5 Å². The first kappa shape index (κ1) is 24.5. The molecule has 1 aliphatic heterocycles. The lowest BCUT2D eigenvalue weighted by atomic mass is 9.87. The summed E-state index contributed by atoms with van der Waals surface area (Å²) in [4.78, 5) is 17.0. The number of aromatic nitrogens is 3. The molecule has 3 N–H and O–H groups in total. The lowest BCUT2D eigenvalue weighted by molar-refractivity contribution is 0.0744. The minimum absolute atomic E-state index is 0.263. The van der Waals surface area contributed by atoms with Gasteiger partial charge >= 0.3 is 0 Å². The van der Waals surface area contributed by atoms with Crippen molar-refractivity contribution in [2.45, 2.75) is 30.8 Å². The van der Waals surface area contributed by atoms with E-state index in [4.69, 9.17) is 4.42 Å². The van der Waals surface area contributed by atoms with Crippen LogP contribution in [0.1, 0.15) is 40.7 Å². The van der Waals surface area contributed by atoms with E-state index >= 15 is 0 Å². The zero-order chi connectivity index (χ0) is 25.7. The molecule has 190 valence electrons. The van der Waals surface area contributed by atoms with Gasteiger partial charge in [-0.15, -0.1) is 10.2 Å². The van der Waals surface area contributed by atoms with Gasteiger partial charge in [0.25, 0.3) is 12.3 Å². The highest BCUT2D eigenvalue weighted by Gasteiger charge is 2.39. The lowest BCUT2D eigenvalue weighted by Gasteiger charge is -2.36. The predicted octanol–water partition coefficient (Wildman–Crippen LogP) is 4.56. The number of hydrogen-bond acceptors (Lipinski definition) is 7. The Kier molecular flexibility index (Phi) is 7.18. The second-order valence-electron chi connectivity index (χ2n) is 8.88. The number of nitrogens with one attached hydrogen (secondary N) is 3. The lowest BCUT2D eigenvalue weighted by Crippen LogP contribution is -2.45. The fourth-order valence-corrected chi connectivity index (χ4v) is 4.46. The third-order valence-electron chi connectivity index (χ3n) is 6.42. The Bertz CT molecular complexity index is 1330. The molecule has 0 unspecified atom stereocenters. The molecule has 0 radical (unpaired) electrons. The summed E-state index contributed by atoms with van der Waals surface area (Å²) in [5, 5.41) is 17.9. The van der Waals surface area contributed by atoms with Gasteiger partial charge in [-0.1, -0.05) is 36.4 Å². The van der Waals surface area contributed by atoms with E-state index in [9.17, 15) is 13.6 Å². The van der Waals surface area contributed by atoms with Crippen molar-refractivity contribution in [3.63, 3.8) is 0 Å². The van der Waals surface area contributed by atoms with E-state index in [0.717, 1.165) is 18.7 Å². The van der Waals surface area contributed by atoms with Crippen molar-refractivity contribution < 1.29 is 18.0 Å². The average molecular weight is 505 g/mol. The smallest absolute Gasteiger partial charge is 0.262 e. The van der Waals surface area contributed by atoms with Gasteiger partial charge in [-0.2, -0.15) is 0 Å². The Labute approximate surface area is 212 Å². The zero-order valence-electron chi connectivity index (χ0n) is 19.9. The van der Waals surface area contributed by atoms with Gasteiger partial charge in [0.1, 0.15) is 11.6 Å². The van der Waals surface area contributed by atoms with Crippen LogP contribution in [0.3, 0.4) is 0 Å². The number of alkyl halides is 2. The number of carbonyl (C=O) groups excluding carboxylic acids is 1. The van der Waals surface area contributed by atoms with Gasteiger partial charge in [0, 0.05) is 29.2 Å². The van der Waals surface area contributed by atoms with E-state index in [1.54, 1.807) is 73.1 Å². The third-order valence-corrected chi connectivity index (χ3v) is 6.42. The summed E-state index contributed by atoms with van der Waals surface area (Å²) < 4.78 is 33.6. The van der Waals surface area contributed by atoms with Crippen LogP contribution < -0.4 is 16.0 Å². The molecule has 1 atom stereocenters. The summed E-state index contributed by atoms with van der Waals surface area (Å²) in [5.41, 5.74) is 1.36. The van der Waals surface area contributed by atoms with Crippen molar-refractivity contribution in [3.8, 4) is 11.5 Å². The second-order valence-corrected chi connectivity index (χ2v) is 8.88. The molecule has 37 heavy (non-hydrogen) atoms. The summed E-state index contributed by atoms with van der Waals surface area (Å²) in [6.07, 6.45) is 1.90. The highest BCUT2D eigenvalue weighted by atomic mass is 19.3. The Morgan fingerprint density at radius 2 is 1.73 bits per heavy atom. The maximum atomic E-state index is 13.8. The summed E-state index contributed by atoms with van der Waals surface area (Å²) in [5.74, 6) is 0.247. The van der Waals surface area contributed by atoms with Gasteiger partial charge in [0.15, 0.2) is 0 Å². The van der Waals surface area contributed by atoms with Crippen LogP contribution in [-0.4, -0.2) is 40.6 Å². The molecule has 0 aliphatic carbocycles. The van der Waals surface area contributed by atoms with E-state index in [1.165, 1.54) is 0 Å². The quantitative estimate of drug-likeness (QED) is 0.323. The summed E-state index contributed by atoms with van der Waals surface area (Å²) in [6, 6.07) is 17.2. The molecule has 0 bridgehead atoms. The van der Waals surface area contributed by atoms with Gasteiger partial charge in [-0.3, -0.25) is 9.78 Å². The number of carbonyl (C=O) groups is 1. The summed E-state index contributed by atoms with van der Waals surface area (Å²) in [7, 11) is 0. The molecule has 3 heterocycles. The monoisotopic (exact) mass is 504 g/mol. The number of benzene rings is 2. The Morgan fingerprint density at radius 3 is 2.46 bits per heavy atom. The highest BCUT2D eigenvalue weighted by Crippen LogP contribution is 2.35. The molecule has 0 saturated carbocycles.